The summed E-state index contributed by atoms with van der Waals surface area (Å²) in [6.45, 7) is 0.525. The third kappa shape index (κ3) is 3.60. The summed E-state index contributed by atoms with van der Waals surface area (Å²) in [5, 5.41) is 8.86. The largest absolute Gasteiger partial charge is 0.445 e. The van der Waals surface area contributed by atoms with Gasteiger partial charge in [-0.2, -0.15) is 5.10 Å². The lowest BCUT2D eigenvalue weighted by Crippen LogP contribution is -2.24. The summed E-state index contributed by atoms with van der Waals surface area (Å²) in [7, 11) is 0. The molecule has 1 amide bonds. The molecule has 0 bridgehead atoms. The molecule has 1 aromatic heterocycles. The summed E-state index contributed by atoms with van der Waals surface area (Å²) in [5.74, 6) is 0.585. The van der Waals surface area contributed by atoms with Gasteiger partial charge in [0.1, 0.15) is 18.8 Å². The predicted molar refractivity (Wildman–Crippen MR) is 59.8 cm³/mol. The maximum Gasteiger partial charge on any atom is 0.407 e. The van der Waals surface area contributed by atoms with Crippen LogP contribution < -0.4 is 5.32 Å². The topological polar surface area (TPSA) is 79.9 Å². The highest BCUT2D eigenvalue weighted by molar-refractivity contribution is 5.67. The van der Waals surface area contributed by atoms with Gasteiger partial charge in [0.05, 0.1) is 6.54 Å². The van der Waals surface area contributed by atoms with Crippen LogP contribution in [-0.4, -0.2) is 21.3 Å². The molecule has 1 heterocycles. The quantitative estimate of drug-likeness (QED) is 0.830. The Bertz CT molecular complexity index is 456. The van der Waals surface area contributed by atoms with Crippen LogP contribution >= 0.6 is 0 Å². The van der Waals surface area contributed by atoms with E-state index in [0.717, 1.165) is 5.56 Å². The van der Waals surface area contributed by atoms with Crippen molar-refractivity contribution < 1.29 is 9.53 Å². The van der Waals surface area contributed by atoms with E-state index in [0.29, 0.717) is 5.82 Å². The summed E-state index contributed by atoms with van der Waals surface area (Å²) in [4.78, 5) is 15.2. The number of carbonyl (C=O) groups excluding carboxylic acids is 1. The molecule has 0 aliphatic rings. The Kier molecular flexibility index (Phi) is 3.69. The van der Waals surface area contributed by atoms with E-state index in [-0.39, 0.29) is 13.2 Å². The number of nitrogens with zero attached hydrogens (tertiary/aromatic N) is 2. The van der Waals surface area contributed by atoms with Crippen LogP contribution in [0.15, 0.2) is 36.7 Å². The van der Waals surface area contributed by atoms with Crippen LogP contribution in [-0.2, 0) is 17.9 Å². The molecule has 2 N–H and O–H groups in total. The minimum absolute atomic E-state index is 0.253. The van der Waals surface area contributed by atoms with Gasteiger partial charge in [0.2, 0.25) is 0 Å². The maximum absolute atomic E-state index is 11.3. The van der Waals surface area contributed by atoms with E-state index in [1.165, 1.54) is 6.33 Å². The van der Waals surface area contributed by atoms with Crippen molar-refractivity contribution in [2.24, 2.45) is 0 Å². The minimum atomic E-state index is -0.481. The van der Waals surface area contributed by atoms with Gasteiger partial charge < -0.3 is 10.1 Å². The second-order valence-corrected chi connectivity index (χ2v) is 3.35. The van der Waals surface area contributed by atoms with E-state index in [4.69, 9.17) is 4.74 Å². The molecule has 0 atom stereocenters. The Morgan fingerprint density at radius 3 is 2.88 bits per heavy atom. The molecule has 0 saturated heterocycles. The molecule has 0 radical (unpaired) electrons. The van der Waals surface area contributed by atoms with Crippen LogP contribution in [0.3, 0.4) is 0 Å². The fourth-order valence-corrected chi connectivity index (χ4v) is 1.25. The van der Waals surface area contributed by atoms with E-state index < -0.39 is 6.09 Å². The first-order valence-corrected chi connectivity index (χ1v) is 5.13. The number of rotatable bonds is 4. The van der Waals surface area contributed by atoms with Crippen LogP contribution in [0.5, 0.6) is 0 Å². The lowest BCUT2D eigenvalue weighted by atomic mass is 10.2. The summed E-state index contributed by atoms with van der Waals surface area (Å²) < 4.78 is 5.01. The maximum atomic E-state index is 11.3. The number of ether oxygens (including phenoxy) is 1. The fourth-order valence-electron chi connectivity index (χ4n) is 1.25. The van der Waals surface area contributed by atoms with Crippen LogP contribution in [0.1, 0.15) is 11.4 Å². The average Bonchev–Trinajstić information content (AvgIpc) is 2.88. The smallest absolute Gasteiger partial charge is 0.407 e. The molecule has 17 heavy (non-hydrogen) atoms. The zero-order valence-corrected chi connectivity index (χ0v) is 9.09. The van der Waals surface area contributed by atoms with Crippen molar-refractivity contribution in [2.45, 2.75) is 13.2 Å². The first-order valence-electron chi connectivity index (χ1n) is 5.13. The number of hydrogen-bond acceptors (Lipinski definition) is 4. The summed E-state index contributed by atoms with van der Waals surface area (Å²) >= 11 is 0. The molecule has 6 heteroatoms. The SMILES string of the molecule is O=C(NCc1ncn[nH]1)OCc1ccccc1. The van der Waals surface area contributed by atoms with E-state index >= 15 is 0 Å². The van der Waals surface area contributed by atoms with Gasteiger partial charge in [0, 0.05) is 0 Å². The molecule has 0 spiro atoms. The van der Waals surface area contributed by atoms with Crippen LogP contribution in [0, 0.1) is 0 Å². The normalized spacial score (nSPS) is 9.88. The highest BCUT2D eigenvalue weighted by atomic mass is 16.5. The van der Waals surface area contributed by atoms with Crippen molar-refractivity contribution >= 4 is 6.09 Å². The molecule has 6 nitrogen and oxygen atoms in total. The minimum Gasteiger partial charge on any atom is -0.445 e. The monoisotopic (exact) mass is 232 g/mol. The van der Waals surface area contributed by atoms with Gasteiger partial charge in [0.15, 0.2) is 0 Å². The van der Waals surface area contributed by atoms with E-state index in [1.54, 1.807) is 0 Å². The van der Waals surface area contributed by atoms with Gasteiger partial charge in [-0.3, -0.25) is 5.10 Å². The van der Waals surface area contributed by atoms with Crippen molar-refractivity contribution in [3.05, 3.63) is 48.0 Å². The number of amides is 1. The Labute approximate surface area is 98.0 Å². The summed E-state index contributed by atoms with van der Waals surface area (Å²) in [5.41, 5.74) is 0.947. The number of H-pyrrole nitrogens is 1. The van der Waals surface area contributed by atoms with E-state index in [9.17, 15) is 4.79 Å². The highest BCUT2D eigenvalue weighted by Gasteiger charge is 2.03. The van der Waals surface area contributed by atoms with Gasteiger partial charge >= 0.3 is 6.09 Å². The van der Waals surface area contributed by atoms with Crippen LogP contribution in [0.25, 0.3) is 0 Å². The van der Waals surface area contributed by atoms with Crippen molar-refractivity contribution in [1.29, 1.82) is 0 Å². The van der Waals surface area contributed by atoms with Crippen LogP contribution in [0.4, 0.5) is 4.79 Å². The first kappa shape index (κ1) is 11.1. The van der Waals surface area contributed by atoms with Crippen molar-refractivity contribution in [2.75, 3.05) is 0 Å². The number of benzene rings is 1. The standard InChI is InChI=1S/C11H12N4O2/c16-11(12-6-10-13-8-14-15-10)17-7-9-4-2-1-3-5-9/h1-5,8H,6-7H2,(H,12,16)(H,13,14,15). The number of aromatic nitrogens is 3. The second-order valence-electron chi connectivity index (χ2n) is 3.35. The molecule has 0 aliphatic carbocycles. The molecule has 2 aromatic rings. The Morgan fingerprint density at radius 1 is 1.35 bits per heavy atom. The fraction of sp³-hybridized carbons (Fsp3) is 0.182. The Balaban J connectivity index is 1.71. The predicted octanol–water partition coefficient (Wildman–Crippen LogP) is 1.23. The number of carbonyl (C=O) groups is 1. The van der Waals surface area contributed by atoms with Gasteiger partial charge in [-0.15, -0.1) is 0 Å². The van der Waals surface area contributed by atoms with Gasteiger partial charge in [0.25, 0.3) is 0 Å². The molecule has 0 saturated carbocycles. The average molecular weight is 232 g/mol. The number of aromatic amines is 1. The molecule has 88 valence electrons. The lowest BCUT2D eigenvalue weighted by molar-refractivity contribution is 0.139. The molecule has 2 rings (SSSR count). The number of nitrogens with one attached hydrogen (secondary N) is 2. The molecule has 1 aromatic carbocycles. The van der Waals surface area contributed by atoms with E-state index in [2.05, 4.69) is 20.5 Å². The third-order valence-corrected chi connectivity index (χ3v) is 2.08. The van der Waals surface area contributed by atoms with Crippen molar-refractivity contribution in [1.82, 2.24) is 20.5 Å². The molecule has 0 aliphatic heterocycles. The van der Waals surface area contributed by atoms with Gasteiger partial charge in [-0.1, -0.05) is 30.3 Å². The zero-order chi connectivity index (χ0) is 11.9. The molecular formula is C11H12N4O2. The highest BCUT2D eigenvalue weighted by Crippen LogP contribution is 2.00. The number of hydrogen-bond donors (Lipinski definition) is 2. The van der Waals surface area contributed by atoms with E-state index in [1.807, 2.05) is 30.3 Å². The third-order valence-electron chi connectivity index (χ3n) is 2.08. The Morgan fingerprint density at radius 2 is 2.18 bits per heavy atom. The number of alkyl carbamates (subject to hydrolysis) is 1. The Hall–Kier alpha value is -2.37. The van der Waals surface area contributed by atoms with Crippen molar-refractivity contribution in [3.63, 3.8) is 0 Å². The zero-order valence-electron chi connectivity index (χ0n) is 9.09. The molecule has 0 unspecified atom stereocenters. The summed E-state index contributed by atoms with van der Waals surface area (Å²) in [6.07, 6.45) is 0.900. The second kappa shape index (κ2) is 5.64. The van der Waals surface area contributed by atoms with Gasteiger partial charge in [-0.05, 0) is 5.56 Å². The molecule has 0 fully saturated rings. The van der Waals surface area contributed by atoms with Crippen molar-refractivity contribution in [3.8, 4) is 0 Å². The molecular weight excluding hydrogens is 220 g/mol. The summed E-state index contributed by atoms with van der Waals surface area (Å²) in [6, 6.07) is 9.48. The lowest BCUT2D eigenvalue weighted by Gasteiger charge is -2.05. The first-order chi connectivity index (χ1) is 8.34. The van der Waals surface area contributed by atoms with Crippen LogP contribution in [0.2, 0.25) is 0 Å². The van der Waals surface area contributed by atoms with Gasteiger partial charge in [-0.25, -0.2) is 9.78 Å².